The molecule has 74 valence electrons. The molecule has 0 amide bonds. The van der Waals surface area contributed by atoms with Crippen LogP contribution in [0, 0.1) is 0 Å². The summed E-state index contributed by atoms with van der Waals surface area (Å²) in [6, 6.07) is 8.84. The molecule has 1 aromatic carbocycles. The van der Waals surface area contributed by atoms with Crippen molar-refractivity contribution in [1.82, 2.24) is 5.32 Å². The second-order valence-electron chi connectivity index (χ2n) is 4.19. The van der Waals surface area contributed by atoms with Gasteiger partial charge in [-0.2, -0.15) is 0 Å². The van der Waals surface area contributed by atoms with Gasteiger partial charge in [0.1, 0.15) is 5.75 Å². The SMILES string of the molecule is Oc1ccccc1N1CC2CC(C1)N2. The predicted molar refractivity (Wildman–Crippen MR) is 55.6 cm³/mol. The summed E-state index contributed by atoms with van der Waals surface area (Å²) >= 11 is 0. The van der Waals surface area contributed by atoms with Crippen LogP contribution in [0.5, 0.6) is 5.75 Å². The first-order valence-electron chi connectivity index (χ1n) is 5.12. The first-order chi connectivity index (χ1) is 6.83. The van der Waals surface area contributed by atoms with Crippen LogP contribution < -0.4 is 10.2 Å². The van der Waals surface area contributed by atoms with E-state index in [2.05, 4.69) is 10.2 Å². The Bertz CT molecular complexity index is 337. The summed E-state index contributed by atoms with van der Waals surface area (Å²) in [4.78, 5) is 2.27. The van der Waals surface area contributed by atoms with E-state index in [1.807, 2.05) is 18.2 Å². The quantitative estimate of drug-likeness (QED) is 0.692. The fraction of sp³-hybridized carbons (Fsp3) is 0.455. The number of rotatable bonds is 1. The molecule has 2 bridgehead atoms. The predicted octanol–water partition coefficient (Wildman–Crippen LogP) is 0.943. The number of piperazine rings is 1. The number of hydrogen-bond donors (Lipinski definition) is 2. The summed E-state index contributed by atoms with van der Waals surface area (Å²) in [5.74, 6) is 0.397. The lowest BCUT2D eigenvalue weighted by Crippen LogP contribution is -2.67. The van der Waals surface area contributed by atoms with E-state index in [0.717, 1.165) is 18.8 Å². The smallest absolute Gasteiger partial charge is 0.138 e. The van der Waals surface area contributed by atoms with Crippen LogP contribution in [0.25, 0.3) is 0 Å². The van der Waals surface area contributed by atoms with Gasteiger partial charge in [-0.1, -0.05) is 12.1 Å². The van der Waals surface area contributed by atoms with Gasteiger partial charge in [0.15, 0.2) is 0 Å². The molecular formula is C11H14N2O. The van der Waals surface area contributed by atoms with E-state index < -0.39 is 0 Å². The highest BCUT2D eigenvalue weighted by atomic mass is 16.3. The van der Waals surface area contributed by atoms with Crippen LogP contribution in [0.4, 0.5) is 5.69 Å². The number of piperidine rings is 1. The summed E-state index contributed by atoms with van der Waals surface area (Å²) in [6.07, 6.45) is 1.30. The highest BCUT2D eigenvalue weighted by Gasteiger charge is 2.36. The normalized spacial score (nSPS) is 29.9. The fourth-order valence-electron chi connectivity index (χ4n) is 2.44. The summed E-state index contributed by atoms with van der Waals surface area (Å²) in [5.41, 5.74) is 0.976. The molecule has 3 heterocycles. The number of nitrogens with one attached hydrogen (secondary N) is 1. The molecule has 3 nitrogen and oxygen atoms in total. The number of aromatic hydroxyl groups is 1. The molecule has 0 spiro atoms. The van der Waals surface area contributed by atoms with Gasteiger partial charge in [0.05, 0.1) is 5.69 Å². The third-order valence-electron chi connectivity index (χ3n) is 3.14. The van der Waals surface area contributed by atoms with Crippen molar-refractivity contribution in [2.45, 2.75) is 18.5 Å². The monoisotopic (exact) mass is 190 g/mol. The van der Waals surface area contributed by atoms with E-state index in [0.29, 0.717) is 17.8 Å². The lowest BCUT2D eigenvalue weighted by Gasteiger charge is -2.49. The number of benzene rings is 1. The Balaban J connectivity index is 1.85. The van der Waals surface area contributed by atoms with Gasteiger partial charge < -0.3 is 15.3 Å². The second kappa shape index (κ2) is 2.89. The van der Waals surface area contributed by atoms with Gasteiger partial charge in [-0.3, -0.25) is 0 Å². The summed E-state index contributed by atoms with van der Waals surface area (Å²) in [6.45, 7) is 2.04. The van der Waals surface area contributed by atoms with E-state index in [1.54, 1.807) is 6.07 Å². The van der Waals surface area contributed by atoms with Crippen molar-refractivity contribution >= 4 is 5.69 Å². The van der Waals surface area contributed by atoms with Crippen molar-refractivity contribution in [2.75, 3.05) is 18.0 Å². The Morgan fingerprint density at radius 2 is 1.86 bits per heavy atom. The van der Waals surface area contributed by atoms with E-state index in [4.69, 9.17) is 0 Å². The molecule has 3 aliphatic rings. The molecule has 0 aliphatic carbocycles. The summed E-state index contributed by atoms with van der Waals surface area (Å²) < 4.78 is 0. The van der Waals surface area contributed by atoms with Gasteiger partial charge >= 0.3 is 0 Å². The first-order valence-corrected chi connectivity index (χ1v) is 5.12. The zero-order valence-corrected chi connectivity index (χ0v) is 7.98. The van der Waals surface area contributed by atoms with E-state index in [9.17, 15) is 5.11 Å². The Hall–Kier alpha value is -1.22. The Labute approximate surface area is 83.3 Å². The van der Waals surface area contributed by atoms with Crippen LogP contribution in [-0.2, 0) is 0 Å². The molecule has 3 saturated heterocycles. The number of anilines is 1. The zero-order chi connectivity index (χ0) is 9.54. The molecule has 2 atom stereocenters. The van der Waals surface area contributed by atoms with Crippen LogP contribution in [-0.4, -0.2) is 30.3 Å². The van der Waals surface area contributed by atoms with Crippen LogP contribution in [0.15, 0.2) is 24.3 Å². The van der Waals surface area contributed by atoms with Gasteiger partial charge in [0.25, 0.3) is 0 Å². The fourth-order valence-corrected chi connectivity index (χ4v) is 2.44. The molecule has 3 heteroatoms. The molecule has 0 aromatic heterocycles. The third kappa shape index (κ3) is 1.16. The third-order valence-corrected chi connectivity index (χ3v) is 3.14. The average Bonchev–Trinajstić information content (AvgIpc) is 2.17. The number of fused-ring (bicyclic) bond motifs is 2. The molecule has 14 heavy (non-hydrogen) atoms. The number of para-hydroxylation sites is 2. The van der Waals surface area contributed by atoms with Crippen LogP contribution >= 0.6 is 0 Å². The standard InChI is InChI=1S/C11H14N2O/c14-11-4-2-1-3-10(11)13-6-8-5-9(7-13)12-8/h1-4,8-9,12,14H,5-7H2. The minimum absolute atomic E-state index is 0.397. The Morgan fingerprint density at radius 3 is 2.50 bits per heavy atom. The zero-order valence-electron chi connectivity index (χ0n) is 7.98. The lowest BCUT2D eigenvalue weighted by molar-refractivity contribution is 0.225. The van der Waals surface area contributed by atoms with E-state index in [1.165, 1.54) is 6.42 Å². The van der Waals surface area contributed by atoms with Crippen molar-refractivity contribution in [3.8, 4) is 5.75 Å². The molecular weight excluding hydrogens is 176 g/mol. The molecule has 2 unspecified atom stereocenters. The lowest BCUT2D eigenvalue weighted by atomic mass is 9.91. The molecule has 3 aliphatic heterocycles. The topological polar surface area (TPSA) is 35.5 Å². The Morgan fingerprint density at radius 1 is 1.21 bits per heavy atom. The van der Waals surface area contributed by atoms with Crippen molar-refractivity contribution in [1.29, 1.82) is 0 Å². The maximum atomic E-state index is 9.70. The van der Waals surface area contributed by atoms with Gasteiger partial charge in [-0.15, -0.1) is 0 Å². The average molecular weight is 190 g/mol. The highest BCUT2D eigenvalue weighted by Crippen LogP contribution is 2.31. The van der Waals surface area contributed by atoms with Gasteiger partial charge in [-0.05, 0) is 18.6 Å². The van der Waals surface area contributed by atoms with E-state index in [-0.39, 0.29) is 0 Å². The highest BCUT2D eigenvalue weighted by molar-refractivity contribution is 5.58. The minimum Gasteiger partial charge on any atom is -0.506 e. The number of phenols is 1. The maximum Gasteiger partial charge on any atom is 0.138 e. The molecule has 1 aromatic rings. The number of phenolic OH excluding ortho intramolecular Hbond substituents is 1. The number of nitrogens with zero attached hydrogens (tertiary/aromatic N) is 1. The van der Waals surface area contributed by atoms with Gasteiger partial charge in [0.2, 0.25) is 0 Å². The van der Waals surface area contributed by atoms with Gasteiger partial charge in [-0.25, -0.2) is 0 Å². The van der Waals surface area contributed by atoms with Crippen molar-refractivity contribution in [3.05, 3.63) is 24.3 Å². The molecule has 4 rings (SSSR count). The molecule has 0 saturated carbocycles. The Kier molecular flexibility index (Phi) is 1.67. The molecule has 0 radical (unpaired) electrons. The first kappa shape index (κ1) is 8.12. The van der Waals surface area contributed by atoms with Crippen LogP contribution in [0.2, 0.25) is 0 Å². The van der Waals surface area contributed by atoms with Crippen LogP contribution in [0.3, 0.4) is 0 Å². The largest absolute Gasteiger partial charge is 0.506 e. The molecule has 3 fully saturated rings. The van der Waals surface area contributed by atoms with Crippen LogP contribution in [0.1, 0.15) is 6.42 Å². The second-order valence-corrected chi connectivity index (χ2v) is 4.19. The maximum absolute atomic E-state index is 9.70. The van der Waals surface area contributed by atoms with Crippen molar-refractivity contribution in [2.24, 2.45) is 0 Å². The molecule has 2 N–H and O–H groups in total. The van der Waals surface area contributed by atoms with Crippen molar-refractivity contribution in [3.63, 3.8) is 0 Å². The van der Waals surface area contributed by atoms with Crippen molar-refractivity contribution < 1.29 is 5.11 Å². The number of hydrogen-bond acceptors (Lipinski definition) is 3. The summed E-state index contributed by atoms with van der Waals surface area (Å²) in [5, 5.41) is 13.2. The summed E-state index contributed by atoms with van der Waals surface area (Å²) in [7, 11) is 0. The van der Waals surface area contributed by atoms with E-state index >= 15 is 0 Å². The minimum atomic E-state index is 0.397. The van der Waals surface area contributed by atoms with Gasteiger partial charge in [0, 0.05) is 25.2 Å².